The minimum atomic E-state index is -4.52. The Bertz CT molecular complexity index is 857. The lowest BCUT2D eigenvalue weighted by atomic mass is 10.0. The Morgan fingerprint density at radius 1 is 1.21 bits per heavy atom. The van der Waals surface area contributed by atoms with Gasteiger partial charge in [-0.2, -0.15) is 13.2 Å². The van der Waals surface area contributed by atoms with E-state index in [1.807, 2.05) is 0 Å². The number of benzene rings is 2. The highest BCUT2D eigenvalue weighted by molar-refractivity contribution is 5.84. The third kappa shape index (κ3) is 6.89. The Hall–Kier alpha value is -3.12. The van der Waals surface area contributed by atoms with Crippen molar-refractivity contribution in [3.05, 3.63) is 65.3 Å². The van der Waals surface area contributed by atoms with Gasteiger partial charge in [0, 0.05) is 5.69 Å². The Morgan fingerprint density at radius 3 is 2.25 bits per heavy atom. The number of nitrogens with two attached hydrogens (primary N) is 1. The minimum absolute atomic E-state index is 0.000255. The number of carbonyl (C=O) groups is 1. The number of hydrogen-bond acceptors (Lipinski definition) is 4. The summed E-state index contributed by atoms with van der Waals surface area (Å²) in [5.74, 6) is -0.316. The molecule has 0 saturated heterocycles. The lowest BCUT2D eigenvalue weighted by Gasteiger charge is -2.19. The van der Waals surface area contributed by atoms with Gasteiger partial charge in [0.05, 0.1) is 12.1 Å². The number of rotatable bonds is 4. The van der Waals surface area contributed by atoms with E-state index in [9.17, 15) is 27.5 Å². The quantitative estimate of drug-likeness (QED) is 0.455. The molecule has 0 saturated carbocycles. The molecule has 0 amide bonds. The molecule has 0 unspecified atom stereocenters. The summed E-state index contributed by atoms with van der Waals surface area (Å²) >= 11 is 0. The molecule has 0 aliphatic rings. The molecule has 0 aliphatic heterocycles. The predicted molar refractivity (Wildman–Crippen MR) is 95.3 cm³/mol. The number of nitrogens with zero attached hydrogens (tertiary/aromatic N) is 1. The van der Waals surface area contributed by atoms with Gasteiger partial charge in [0.25, 0.3) is 0 Å². The SMILES string of the molecule is CC(=O)[C@](C)(O)COc1ccc(F)cc1.[C-]#[N+]c1ccc(N)cc1C(F)(F)F. The van der Waals surface area contributed by atoms with Crippen LogP contribution >= 0.6 is 0 Å². The molecule has 0 aromatic heterocycles. The second-order valence-corrected chi connectivity index (χ2v) is 5.96. The van der Waals surface area contributed by atoms with Crippen LogP contribution in [0.1, 0.15) is 19.4 Å². The number of anilines is 1. The van der Waals surface area contributed by atoms with Crippen molar-refractivity contribution in [3.8, 4) is 5.75 Å². The van der Waals surface area contributed by atoms with Crippen LogP contribution in [-0.2, 0) is 11.0 Å². The zero-order chi connectivity index (χ0) is 21.5. The van der Waals surface area contributed by atoms with E-state index in [0.717, 1.165) is 12.1 Å². The topological polar surface area (TPSA) is 76.9 Å². The van der Waals surface area contributed by atoms with Crippen LogP contribution in [0.15, 0.2) is 42.5 Å². The highest BCUT2D eigenvalue weighted by Crippen LogP contribution is 2.37. The second kappa shape index (κ2) is 9.19. The zero-order valence-corrected chi connectivity index (χ0v) is 15.0. The first-order valence-electron chi connectivity index (χ1n) is 7.83. The third-order valence-electron chi connectivity index (χ3n) is 3.54. The number of alkyl halides is 3. The molecule has 5 nitrogen and oxygen atoms in total. The lowest BCUT2D eigenvalue weighted by Crippen LogP contribution is -2.39. The van der Waals surface area contributed by atoms with Gasteiger partial charge in [0.15, 0.2) is 17.1 Å². The number of aliphatic hydroxyl groups is 1. The molecular weight excluding hydrogens is 380 g/mol. The van der Waals surface area contributed by atoms with Crippen LogP contribution in [0.25, 0.3) is 4.85 Å². The molecule has 28 heavy (non-hydrogen) atoms. The number of carbonyl (C=O) groups excluding carboxylic acids is 1. The number of Topliss-reactive ketones (excluding diaryl/α,β-unsaturated/α-hetero) is 1. The molecule has 2 rings (SSSR count). The van der Waals surface area contributed by atoms with Crippen LogP contribution in [0.4, 0.5) is 28.9 Å². The molecule has 1 atom stereocenters. The Morgan fingerprint density at radius 2 is 1.79 bits per heavy atom. The lowest BCUT2D eigenvalue weighted by molar-refractivity contribution is -0.137. The van der Waals surface area contributed by atoms with Gasteiger partial charge in [0.2, 0.25) is 0 Å². The van der Waals surface area contributed by atoms with E-state index >= 15 is 0 Å². The molecule has 0 radical (unpaired) electrons. The first-order chi connectivity index (χ1) is 12.9. The van der Waals surface area contributed by atoms with Crippen LogP contribution in [-0.4, -0.2) is 23.1 Å². The minimum Gasteiger partial charge on any atom is -0.490 e. The maximum absolute atomic E-state index is 12.5. The van der Waals surface area contributed by atoms with Crippen LogP contribution in [0.2, 0.25) is 0 Å². The summed E-state index contributed by atoms with van der Waals surface area (Å²) in [5, 5.41) is 9.56. The molecule has 2 aromatic carbocycles. The summed E-state index contributed by atoms with van der Waals surface area (Å²) in [6.45, 7) is 9.03. The Labute approximate surface area is 159 Å². The van der Waals surface area contributed by atoms with Crippen molar-refractivity contribution in [2.45, 2.75) is 25.6 Å². The van der Waals surface area contributed by atoms with Crippen LogP contribution in [0, 0.1) is 12.4 Å². The van der Waals surface area contributed by atoms with E-state index in [2.05, 4.69) is 4.85 Å². The summed E-state index contributed by atoms with van der Waals surface area (Å²) in [5.41, 5.74) is 2.26. The van der Waals surface area contributed by atoms with E-state index in [1.54, 1.807) is 0 Å². The maximum Gasteiger partial charge on any atom is 0.407 e. The number of ketones is 1. The first-order valence-corrected chi connectivity index (χ1v) is 7.83. The van der Waals surface area contributed by atoms with Crippen molar-refractivity contribution in [1.29, 1.82) is 0 Å². The van der Waals surface area contributed by atoms with Crippen molar-refractivity contribution in [2.24, 2.45) is 0 Å². The monoisotopic (exact) mass is 398 g/mol. The van der Waals surface area contributed by atoms with E-state index in [0.29, 0.717) is 5.75 Å². The van der Waals surface area contributed by atoms with Crippen molar-refractivity contribution < 1.29 is 32.2 Å². The predicted octanol–water partition coefficient (Wildman–Crippen LogP) is 4.38. The number of ether oxygens (including phenoxy) is 1. The smallest absolute Gasteiger partial charge is 0.407 e. The molecule has 9 heteroatoms. The van der Waals surface area contributed by atoms with Crippen molar-refractivity contribution in [2.75, 3.05) is 12.3 Å². The first kappa shape index (κ1) is 22.9. The fraction of sp³-hybridized carbons (Fsp3) is 0.263. The summed E-state index contributed by atoms with van der Waals surface area (Å²) in [6, 6.07) is 8.45. The van der Waals surface area contributed by atoms with Crippen LogP contribution in [0.5, 0.6) is 5.75 Å². The van der Waals surface area contributed by atoms with Crippen molar-refractivity contribution >= 4 is 17.2 Å². The van der Waals surface area contributed by atoms with E-state index in [1.165, 1.54) is 44.2 Å². The van der Waals surface area contributed by atoms with E-state index in [4.69, 9.17) is 17.0 Å². The van der Waals surface area contributed by atoms with E-state index < -0.39 is 23.0 Å². The van der Waals surface area contributed by atoms with Gasteiger partial charge in [-0.3, -0.25) is 4.79 Å². The normalized spacial score (nSPS) is 12.8. The summed E-state index contributed by atoms with van der Waals surface area (Å²) in [7, 11) is 0. The summed E-state index contributed by atoms with van der Waals surface area (Å²) in [4.78, 5) is 13.7. The molecule has 0 aliphatic carbocycles. The molecule has 0 bridgehead atoms. The van der Waals surface area contributed by atoms with Crippen molar-refractivity contribution in [1.82, 2.24) is 0 Å². The molecule has 0 spiro atoms. The van der Waals surface area contributed by atoms with Gasteiger partial charge in [-0.15, -0.1) is 0 Å². The molecule has 150 valence electrons. The maximum atomic E-state index is 12.5. The molecular formula is C19H18F4N2O3. The molecule has 3 N–H and O–H groups in total. The fourth-order valence-corrected chi connectivity index (χ4v) is 1.73. The van der Waals surface area contributed by atoms with Gasteiger partial charge in [-0.1, -0.05) is 6.07 Å². The highest BCUT2D eigenvalue weighted by Gasteiger charge is 2.33. The van der Waals surface area contributed by atoms with Gasteiger partial charge < -0.3 is 15.6 Å². The summed E-state index contributed by atoms with van der Waals surface area (Å²) < 4.78 is 54.3. The largest absolute Gasteiger partial charge is 0.490 e. The highest BCUT2D eigenvalue weighted by atomic mass is 19.4. The fourth-order valence-electron chi connectivity index (χ4n) is 1.73. The second-order valence-electron chi connectivity index (χ2n) is 5.96. The summed E-state index contributed by atoms with van der Waals surface area (Å²) in [6.07, 6.45) is -4.52. The van der Waals surface area contributed by atoms with Crippen LogP contribution < -0.4 is 10.5 Å². The number of nitrogen functional groups attached to an aromatic ring is 1. The van der Waals surface area contributed by atoms with Gasteiger partial charge in [-0.05, 0) is 50.2 Å². The molecule has 0 fully saturated rings. The van der Waals surface area contributed by atoms with Crippen molar-refractivity contribution in [3.63, 3.8) is 0 Å². The number of hydrogen-bond donors (Lipinski definition) is 2. The molecule has 0 heterocycles. The zero-order valence-electron chi connectivity index (χ0n) is 15.0. The average Bonchev–Trinajstić information content (AvgIpc) is 2.61. The number of halogens is 4. The Kier molecular flexibility index (Phi) is 7.52. The van der Waals surface area contributed by atoms with Gasteiger partial charge in [-0.25, -0.2) is 9.24 Å². The molecule has 2 aromatic rings. The standard InChI is InChI=1S/C11H13FO3.C8H5F3N2/c1-8(13)11(2,14)7-15-10-5-3-9(12)4-6-10;1-13-7-3-2-5(12)4-6(7)8(9,10)11/h3-6,14H,7H2,1-2H3;2-4H,12H2/t11-;/m1./s1. The average molecular weight is 398 g/mol. The third-order valence-corrected chi connectivity index (χ3v) is 3.54. The van der Waals surface area contributed by atoms with Gasteiger partial charge in [0.1, 0.15) is 18.2 Å². The van der Waals surface area contributed by atoms with E-state index in [-0.39, 0.29) is 23.9 Å². The van der Waals surface area contributed by atoms with Gasteiger partial charge >= 0.3 is 6.18 Å². The Balaban J connectivity index is 0.000000283. The van der Waals surface area contributed by atoms with Crippen LogP contribution in [0.3, 0.4) is 0 Å².